The molecule has 0 radical (unpaired) electrons. The summed E-state index contributed by atoms with van der Waals surface area (Å²) in [5.41, 5.74) is 5.76. The van der Waals surface area contributed by atoms with Crippen LogP contribution in [0.1, 0.15) is 35.2 Å². The summed E-state index contributed by atoms with van der Waals surface area (Å²) < 4.78 is 82.0. The van der Waals surface area contributed by atoms with E-state index in [0.29, 0.717) is 17.7 Å². The fraction of sp³-hybridized carbons (Fsp3) is 0.333. The maximum atomic E-state index is 14.4. The van der Waals surface area contributed by atoms with Gasteiger partial charge < -0.3 is 15.2 Å². The lowest BCUT2D eigenvalue weighted by atomic mass is 9.98. The summed E-state index contributed by atoms with van der Waals surface area (Å²) in [4.78, 5) is 26.7. The third-order valence-electron chi connectivity index (χ3n) is 6.16. The molecule has 3 aromatic rings. The molecule has 38 heavy (non-hydrogen) atoms. The summed E-state index contributed by atoms with van der Waals surface area (Å²) in [5, 5.41) is 9.62. The standard InChI is InChI=1S/C24H22F6N6O2/c25-16-11-18(27)17(26)9-14(16)8-15(32-21(22(31)38)13-4-2-1-3-5-13)10-20(37)35-6-7-36-19(12-35)33-34-23(36)24(28,29)30/h1-5,9,11,15,21,32H,6-8,10,12H2,(H2,31,38)/t15?,21-/m0/s1. The second-order valence-electron chi connectivity index (χ2n) is 8.78. The topological polar surface area (TPSA) is 106 Å². The number of aromatic nitrogens is 3. The third-order valence-corrected chi connectivity index (χ3v) is 6.16. The van der Waals surface area contributed by atoms with Gasteiger partial charge in [0.1, 0.15) is 11.9 Å². The van der Waals surface area contributed by atoms with E-state index in [0.717, 1.165) is 4.57 Å². The van der Waals surface area contributed by atoms with Gasteiger partial charge >= 0.3 is 6.18 Å². The Morgan fingerprint density at radius 3 is 2.34 bits per heavy atom. The first-order valence-corrected chi connectivity index (χ1v) is 11.4. The molecule has 0 saturated carbocycles. The zero-order valence-electron chi connectivity index (χ0n) is 19.7. The molecular weight excluding hydrogens is 518 g/mol. The highest BCUT2D eigenvalue weighted by Gasteiger charge is 2.40. The number of nitrogens with two attached hydrogens (primary N) is 1. The van der Waals surface area contributed by atoms with E-state index in [1.54, 1.807) is 30.3 Å². The van der Waals surface area contributed by atoms with E-state index < -0.39 is 53.4 Å². The van der Waals surface area contributed by atoms with Gasteiger partial charge in [-0.15, -0.1) is 10.2 Å². The van der Waals surface area contributed by atoms with Crippen molar-refractivity contribution in [1.82, 2.24) is 25.0 Å². The van der Waals surface area contributed by atoms with Crippen LogP contribution in [0.3, 0.4) is 0 Å². The van der Waals surface area contributed by atoms with E-state index in [2.05, 4.69) is 15.5 Å². The molecule has 0 bridgehead atoms. The van der Waals surface area contributed by atoms with Crippen molar-refractivity contribution in [3.8, 4) is 0 Å². The van der Waals surface area contributed by atoms with Crippen LogP contribution in [0, 0.1) is 17.5 Å². The molecule has 1 aliphatic rings. The molecule has 1 aromatic heterocycles. The number of carbonyl (C=O) groups is 2. The molecule has 3 N–H and O–H groups in total. The predicted octanol–water partition coefficient (Wildman–Crippen LogP) is 2.87. The Balaban J connectivity index is 1.57. The van der Waals surface area contributed by atoms with E-state index in [4.69, 9.17) is 5.73 Å². The number of fused-ring (bicyclic) bond motifs is 1. The molecule has 14 heteroatoms. The molecule has 2 heterocycles. The van der Waals surface area contributed by atoms with E-state index in [1.807, 2.05) is 0 Å². The number of hydrogen-bond acceptors (Lipinski definition) is 5. The Morgan fingerprint density at radius 1 is 1.00 bits per heavy atom. The van der Waals surface area contributed by atoms with Crippen LogP contribution in [0.2, 0.25) is 0 Å². The Labute approximate surface area is 212 Å². The molecule has 0 fully saturated rings. The van der Waals surface area contributed by atoms with E-state index >= 15 is 0 Å². The van der Waals surface area contributed by atoms with Gasteiger partial charge in [-0.3, -0.25) is 14.9 Å². The van der Waals surface area contributed by atoms with Gasteiger partial charge in [0.15, 0.2) is 17.5 Å². The van der Waals surface area contributed by atoms with Crippen molar-refractivity contribution in [2.45, 2.75) is 44.2 Å². The number of amides is 2. The number of halogens is 6. The summed E-state index contributed by atoms with van der Waals surface area (Å²) in [6, 6.07) is 7.16. The van der Waals surface area contributed by atoms with E-state index in [1.165, 1.54) is 4.90 Å². The Kier molecular flexibility index (Phi) is 7.71. The minimum atomic E-state index is -4.71. The lowest BCUT2D eigenvalue weighted by Crippen LogP contribution is -2.46. The summed E-state index contributed by atoms with van der Waals surface area (Å²) in [5.74, 6) is -6.31. The van der Waals surface area contributed by atoms with Crippen LogP contribution in [-0.4, -0.2) is 44.1 Å². The van der Waals surface area contributed by atoms with Gasteiger partial charge in [-0.25, -0.2) is 13.2 Å². The zero-order chi connectivity index (χ0) is 27.6. The van der Waals surface area contributed by atoms with Crippen LogP contribution in [0.25, 0.3) is 0 Å². The highest BCUT2D eigenvalue weighted by Crippen LogP contribution is 2.29. The molecule has 0 aliphatic carbocycles. The van der Waals surface area contributed by atoms with Gasteiger partial charge in [-0.05, 0) is 23.6 Å². The molecule has 0 saturated heterocycles. The first kappa shape index (κ1) is 27.1. The molecule has 2 aromatic carbocycles. The molecule has 202 valence electrons. The average Bonchev–Trinajstić information content (AvgIpc) is 3.30. The Bertz CT molecular complexity index is 1330. The van der Waals surface area contributed by atoms with Crippen molar-refractivity contribution in [3.63, 3.8) is 0 Å². The van der Waals surface area contributed by atoms with Gasteiger partial charge in [-0.1, -0.05) is 30.3 Å². The number of alkyl halides is 3. The molecule has 1 aliphatic heterocycles. The van der Waals surface area contributed by atoms with E-state index in [-0.39, 0.29) is 43.9 Å². The third kappa shape index (κ3) is 5.96. The lowest BCUT2D eigenvalue weighted by Gasteiger charge is -2.31. The van der Waals surface area contributed by atoms with Crippen molar-refractivity contribution in [1.29, 1.82) is 0 Å². The quantitative estimate of drug-likeness (QED) is 0.338. The fourth-order valence-corrected chi connectivity index (χ4v) is 4.32. The largest absolute Gasteiger partial charge is 0.451 e. The molecule has 1 unspecified atom stereocenters. The summed E-state index contributed by atoms with van der Waals surface area (Å²) in [6.07, 6.45) is -5.40. The Hall–Kier alpha value is -3.94. The minimum absolute atomic E-state index is 0.0626. The van der Waals surface area contributed by atoms with Crippen molar-refractivity contribution < 1.29 is 35.9 Å². The van der Waals surface area contributed by atoms with Gasteiger partial charge in [-0.2, -0.15) is 13.2 Å². The maximum Gasteiger partial charge on any atom is 0.451 e. The molecule has 4 rings (SSSR count). The lowest BCUT2D eigenvalue weighted by molar-refractivity contribution is -0.148. The number of hydrogen-bond donors (Lipinski definition) is 2. The second kappa shape index (κ2) is 10.8. The van der Waals surface area contributed by atoms with Crippen LogP contribution >= 0.6 is 0 Å². The number of primary amides is 1. The summed E-state index contributed by atoms with van der Waals surface area (Å²) in [6.45, 7) is -0.546. The van der Waals surface area contributed by atoms with Crippen molar-refractivity contribution in [2.75, 3.05) is 6.54 Å². The van der Waals surface area contributed by atoms with Crippen LogP contribution in [0.15, 0.2) is 42.5 Å². The molecule has 2 amide bonds. The van der Waals surface area contributed by atoms with Crippen LogP contribution in [-0.2, 0) is 35.3 Å². The SMILES string of the molecule is NC(=O)[C@@H](NC(CC(=O)N1CCn2c(nnc2C(F)(F)F)C1)Cc1cc(F)c(F)cc1F)c1ccccc1. The fourth-order valence-electron chi connectivity index (χ4n) is 4.32. The minimum Gasteiger partial charge on any atom is -0.368 e. The van der Waals surface area contributed by atoms with Crippen LogP contribution in [0.4, 0.5) is 26.3 Å². The van der Waals surface area contributed by atoms with Crippen LogP contribution in [0.5, 0.6) is 0 Å². The monoisotopic (exact) mass is 540 g/mol. The van der Waals surface area contributed by atoms with Gasteiger partial charge in [0.2, 0.25) is 17.6 Å². The summed E-state index contributed by atoms with van der Waals surface area (Å²) >= 11 is 0. The zero-order valence-corrected chi connectivity index (χ0v) is 19.7. The number of carbonyl (C=O) groups excluding carboxylic acids is 2. The summed E-state index contributed by atoms with van der Waals surface area (Å²) in [7, 11) is 0. The highest BCUT2D eigenvalue weighted by atomic mass is 19.4. The number of nitrogens with one attached hydrogen (secondary N) is 1. The predicted molar refractivity (Wildman–Crippen MR) is 120 cm³/mol. The van der Waals surface area contributed by atoms with Gasteiger partial charge in [0.05, 0.1) is 6.54 Å². The highest BCUT2D eigenvalue weighted by molar-refractivity contribution is 5.82. The number of rotatable bonds is 8. The Morgan fingerprint density at radius 2 is 1.68 bits per heavy atom. The van der Waals surface area contributed by atoms with Crippen LogP contribution < -0.4 is 11.1 Å². The van der Waals surface area contributed by atoms with Crippen molar-refractivity contribution >= 4 is 11.8 Å². The average molecular weight is 540 g/mol. The first-order valence-electron chi connectivity index (χ1n) is 11.4. The maximum absolute atomic E-state index is 14.4. The molecule has 8 nitrogen and oxygen atoms in total. The van der Waals surface area contributed by atoms with Crippen molar-refractivity contribution in [2.24, 2.45) is 5.73 Å². The van der Waals surface area contributed by atoms with Gasteiger partial charge in [0.25, 0.3) is 0 Å². The van der Waals surface area contributed by atoms with E-state index in [9.17, 15) is 35.9 Å². The molecule has 2 atom stereocenters. The number of nitrogens with zero attached hydrogens (tertiary/aromatic N) is 4. The van der Waals surface area contributed by atoms with Crippen molar-refractivity contribution in [3.05, 3.63) is 82.7 Å². The first-order chi connectivity index (χ1) is 17.9. The second-order valence-corrected chi connectivity index (χ2v) is 8.78. The van der Waals surface area contributed by atoms with Gasteiger partial charge in [0, 0.05) is 31.6 Å². The molecular formula is C24H22F6N6O2. The normalized spacial score (nSPS) is 15.2. The molecule has 0 spiro atoms. The smallest absolute Gasteiger partial charge is 0.368 e. The number of benzene rings is 2.